The molecule has 3 rings (SSSR count). The Bertz CT molecular complexity index is 359. The molecule has 0 bridgehead atoms. The molecular weight excluding hydrogens is 198 g/mol. The van der Waals surface area contributed by atoms with E-state index >= 15 is 0 Å². The third kappa shape index (κ3) is 2.01. The molecule has 1 N–H and O–H groups in total. The van der Waals surface area contributed by atoms with Crippen LogP contribution in [0.25, 0.3) is 0 Å². The summed E-state index contributed by atoms with van der Waals surface area (Å²) in [4.78, 5) is 4.33. The lowest BCUT2D eigenvalue weighted by atomic mass is 10.0. The van der Waals surface area contributed by atoms with Gasteiger partial charge in [0.25, 0.3) is 0 Å². The smallest absolute Gasteiger partial charge is 0.0948 e. The highest BCUT2D eigenvalue weighted by atomic mass is 15.1. The van der Waals surface area contributed by atoms with Crippen molar-refractivity contribution in [2.24, 2.45) is 5.41 Å². The third-order valence-electron chi connectivity index (χ3n) is 4.07. The maximum Gasteiger partial charge on any atom is 0.0948 e. The number of aromatic nitrogens is 2. The quantitative estimate of drug-likeness (QED) is 0.846. The fourth-order valence-electron chi connectivity index (χ4n) is 2.64. The number of nitrogens with one attached hydrogen (secondary N) is 1. The van der Waals surface area contributed by atoms with Gasteiger partial charge in [0, 0.05) is 18.8 Å². The summed E-state index contributed by atoms with van der Waals surface area (Å²) in [7, 11) is 0. The van der Waals surface area contributed by atoms with Crippen LogP contribution in [0.4, 0.5) is 0 Å². The molecule has 0 spiro atoms. The number of imidazole rings is 1. The first-order valence-corrected chi connectivity index (χ1v) is 6.50. The largest absolute Gasteiger partial charge is 0.333 e. The maximum atomic E-state index is 4.33. The zero-order valence-electron chi connectivity index (χ0n) is 10.1. The first-order valence-electron chi connectivity index (χ1n) is 6.50. The lowest BCUT2D eigenvalue weighted by Gasteiger charge is -2.25. The van der Waals surface area contributed by atoms with Gasteiger partial charge < -0.3 is 9.88 Å². The number of rotatable bonds is 3. The van der Waals surface area contributed by atoms with Crippen LogP contribution < -0.4 is 5.32 Å². The second kappa shape index (κ2) is 3.88. The summed E-state index contributed by atoms with van der Waals surface area (Å²) in [5.41, 5.74) is 1.96. The molecule has 1 saturated heterocycles. The van der Waals surface area contributed by atoms with Crippen LogP contribution in [0, 0.1) is 5.41 Å². The molecule has 1 aliphatic heterocycles. The van der Waals surface area contributed by atoms with Crippen molar-refractivity contribution in [3.05, 3.63) is 18.2 Å². The van der Waals surface area contributed by atoms with Crippen molar-refractivity contribution in [1.29, 1.82) is 0 Å². The van der Waals surface area contributed by atoms with E-state index in [1.807, 2.05) is 6.33 Å². The second-order valence-electron chi connectivity index (χ2n) is 5.76. The molecule has 3 heteroatoms. The van der Waals surface area contributed by atoms with Crippen LogP contribution in [0.5, 0.6) is 0 Å². The Kier molecular flexibility index (Phi) is 2.51. The average molecular weight is 219 g/mol. The van der Waals surface area contributed by atoms with Gasteiger partial charge >= 0.3 is 0 Å². The predicted molar refractivity (Wildman–Crippen MR) is 64.2 cm³/mol. The van der Waals surface area contributed by atoms with Crippen LogP contribution in [0.1, 0.15) is 50.8 Å². The molecule has 1 unspecified atom stereocenters. The van der Waals surface area contributed by atoms with Crippen LogP contribution in [0.15, 0.2) is 12.5 Å². The van der Waals surface area contributed by atoms with E-state index in [-0.39, 0.29) is 0 Å². The van der Waals surface area contributed by atoms with Crippen LogP contribution in [-0.2, 0) is 6.54 Å². The van der Waals surface area contributed by atoms with Crippen molar-refractivity contribution in [3.8, 4) is 0 Å². The van der Waals surface area contributed by atoms with E-state index in [1.54, 1.807) is 0 Å². The number of hydrogen-bond donors (Lipinski definition) is 1. The van der Waals surface area contributed by atoms with E-state index < -0.39 is 0 Å². The molecule has 88 valence electrons. The van der Waals surface area contributed by atoms with Gasteiger partial charge in [-0.3, -0.25) is 0 Å². The van der Waals surface area contributed by atoms with Crippen molar-refractivity contribution >= 4 is 0 Å². The van der Waals surface area contributed by atoms with E-state index in [0.717, 1.165) is 13.1 Å². The first-order chi connectivity index (χ1) is 7.77. The van der Waals surface area contributed by atoms with Crippen LogP contribution in [0.2, 0.25) is 0 Å². The molecule has 2 fully saturated rings. The normalized spacial score (nSPS) is 27.9. The zero-order chi connectivity index (χ0) is 11.0. The minimum absolute atomic E-state index is 0.540. The van der Waals surface area contributed by atoms with Gasteiger partial charge in [0.2, 0.25) is 0 Å². The lowest BCUT2D eigenvalue weighted by Crippen LogP contribution is -2.29. The van der Waals surface area contributed by atoms with Gasteiger partial charge in [0.1, 0.15) is 0 Å². The summed E-state index contributed by atoms with van der Waals surface area (Å²) in [5.74, 6) is 0. The maximum absolute atomic E-state index is 4.33. The van der Waals surface area contributed by atoms with E-state index in [9.17, 15) is 0 Å². The average Bonchev–Trinajstić information content (AvgIpc) is 2.86. The Labute approximate surface area is 97.3 Å². The standard InChI is InChI=1S/C13H21N3/c1-13(5-6-13)9-16-10-14-8-12(16)11-4-2-3-7-15-11/h8,10-11,15H,2-7,9H2,1H3. The first kappa shape index (κ1) is 10.3. The van der Waals surface area contributed by atoms with Crippen molar-refractivity contribution in [2.75, 3.05) is 6.54 Å². The molecule has 1 atom stereocenters. The SMILES string of the molecule is CC1(Cn2cncc2C2CCCCN2)CC1. The van der Waals surface area contributed by atoms with Crippen molar-refractivity contribution in [2.45, 2.75) is 51.6 Å². The monoisotopic (exact) mass is 219 g/mol. The van der Waals surface area contributed by atoms with E-state index in [0.29, 0.717) is 11.5 Å². The summed E-state index contributed by atoms with van der Waals surface area (Å²) in [6.07, 6.45) is 10.8. The van der Waals surface area contributed by atoms with Crippen molar-refractivity contribution in [3.63, 3.8) is 0 Å². The summed E-state index contributed by atoms with van der Waals surface area (Å²) < 4.78 is 2.37. The van der Waals surface area contributed by atoms with Gasteiger partial charge in [0.05, 0.1) is 12.0 Å². The minimum Gasteiger partial charge on any atom is -0.333 e. The predicted octanol–water partition coefficient (Wildman–Crippen LogP) is 2.50. The van der Waals surface area contributed by atoms with E-state index in [4.69, 9.17) is 0 Å². The summed E-state index contributed by atoms with van der Waals surface area (Å²) in [6, 6.07) is 0.540. The molecule has 1 aliphatic carbocycles. The lowest BCUT2D eigenvalue weighted by molar-refractivity contribution is 0.375. The van der Waals surface area contributed by atoms with E-state index in [1.165, 1.54) is 37.8 Å². The fraction of sp³-hybridized carbons (Fsp3) is 0.769. The molecule has 1 aromatic rings. The highest BCUT2D eigenvalue weighted by Gasteiger charge is 2.38. The Morgan fingerprint density at radius 3 is 3.06 bits per heavy atom. The highest BCUT2D eigenvalue weighted by Crippen LogP contribution is 2.46. The number of nitrogens with zero attached hydrogens (tertiary/aromatic N) is 2. The summed E-state index contributed by atoms with van der Waals surface area (Å²) in [5, 5.41) is 3.61. The molecular formula is C13H21N3. The topological polar surface area (TPSA) is 29.9 Å². The Hall–Kier alpha value is -0.830. The van der Waals surface area contributed by atoms with Gasteiger partial charge in [-0.2, -0.15) is 0 Å². The van der Waals surface area contributed by atoms with Gasteiger partial charge in [0.15, 0.2) is 0 Å². The molecule has 16 heavy (non-hydrogen) atoms. The van der Waals surface area contributed by atoms with Crippen molar-refractivity contribution in [1.82, 2.24) is 14.9 Å². The summed E-state index contributed by atoms with van der Waals surface area (Å²) in [6.45, 7) is 4.69. The van der Waals surface area contributed by atoms with Gasteiger partial charge in [-0.15, -0.1) is 0 Å². The fourth-order valence-corrected chi connectivity index (χ4v) is 2.64. The van der Waals surface area contributed by atoms with Crippen LogP contribution in [-0.4, -0.2) is 16.1 Å². The summed E-state index contributed by atoms with van der Waals surface area (Å²) >= 11 is 0. The highest BCUT2D eigenvalue weighted by molar-refractivity contribution is 5.08. The van der Waals surface area contributed by atoms with Gasteiger partial charge in [-0.05, 0) is 37.6 Å². The second-order valence-corrected chi connectivity index (χ2v) is 5.76. The van der Waals surface area contributed by atoms with E-state index in [2.05, 4.69) is 28.0 Å². The minimum atomic E-state index is 0.540. The molecule has 0 aromatic carbocycles. The van der Waals surface area contributed by atoms with Gasteiger partial charge in [-0.1, -0.05) is 13.3 Å². The molecule has 0 amide bonds. The molecule has 1 aromatic heterocycles. The Morgan fingerprint density at radius 2 is 2.38 bits per heavy atom. The molecule has 2 heterocycles. The number of hydrogen-bond acceptors (Lipinski definition) is 2. The molecule has 1 saturated carbocycles. The molecule has 3 nitrogen and oxygen atoms in total. The third-order valence-corrected chi connectivity index (χ3v) is 4.07. The van der Waals surface area contributed by atoms with Crippen molar-refractivity contribution < 1.29 is 0 Å². The zero-order valence-corrected chi connectivity index (χ0v) is 10.1. The number of piperidine rings is 1. The molecule has 0 radical (unpaired) electrons. The van der Waals surface area contributed by atoms with Gasteiger partial charge in [-0.25, -0.2) is 4.98 Å². The van der Waals surface area contributed by atoms with Crippen LogP contribution in [0.3, 0.4) is 0 Å². The molecule has 2 aliphatic rings. The Balaban J connectivity index is 1.75. The Morgan fingerprint density at radius 1 is 1.50 bits per heavy atom. The van der Waals surface area contributed by atoms with Crippen LogP contribution >= 0.6 is 0 Å².